The van der Waals surface area contributed by atoms with Crippen molar-refractivity contribution in [2.24, 2.45) is 0 Å². The molecule has 0 N–H and O–H groups in total. The van der Waals surface area contributed by atoms with Crippen LogP contribution in [0.15, 0.2) is 30.3 Å². The Hall–Kier alpha value is -1.61. The fraction of sp³-hybridized carbons (Fsp3) is 0.267. The van der Waals surface area contributed by atoms with Gasteiger partial charge in [0, 0.05) is 9.75 Å². The number of ether oxygens (including phenoxy) is 1. The van der Waals surface area contributed by atoms with Gasteiger partial charge >= 0.3 is 5.97 Å². The van der Waals surface area contributed by atoms with E-state index in [-0.39, 0.29) is 5.97 Å². The first-order valence-electron chi connectivity index (χ1n) is 5.97. The van der Waals surface area contributed by atoms with Crippen molar-refractivity contribution in [2.45, 2.75) is 20.8 Å². The van der Waals surface area contributed by atoms with Crippen LogP contribution in [0.5, 0.6) is 0 Å². The van der Waals surface area contributed by atoms with Crippen molar-refractivity contribution >= 4 is 17.3 Å². The second kappa shape index (κ2) is 5.36. The molecule has 0 bridgehead atoms. The van der Waals surface area contributed by atoms with E-state index in [9.17, 15) is 4.79 Å². The average molecular weight is 260 g/mol. The molecule has 0 atom stereocenters. The first-order valence-corrected chi connectivity index (χ1v) is 6.79. The van der Waals surface area contributed by atoms with Crippen LogP contribution >= 0.6 is 11.3 Å². The Morgan fingerprint density at radius 1 is 1.22 bits per heavy atom. The minimum absolute atomic E-state index is 0.224. The van der Waals surface area contributed by atoms with Gasteiger partial charge in [-0.3, -0.25) is 0 Å². The number of carbonyl (C=O) groups is 1. The Morgan fingerprint density at radius 2 is 1.89 bits per heavy atom. The summed E-state index contributed by atoms with van der Waals surface area (Å²) in [5, 5.41) is 0. The Labute approximate surface area is 111 Å². The number of rotatable bonds is 3. The number of carbonyl (C=O) groups excluding carboxylic acids is 1. The molecule has 2 rings (SSSR count). The van der Waals surface area contributed by atoms with Crippen molar-refractivity contribution in [3.63, 3.8) is 0 Å². The molecule has 0 aliphatic heterocycles. The predicted molar refractivity (Wildman–Crippen MR) is 75.2 cm³/mol. The van der Waals surface area contributed by atoms with Crippen LogP contribution in [0.25, 0.3) is 10.4 Å². The number of benzene rings is 1. The smallest absolute Gasteiger partial charge is 0.339 e. The second-order valence-corrected chi connectivity index (χ2v) is 5.30. The van der Waals surface area contributed by atoms with E-state index in [2.05, 4.69) is 0 Å². The lowest BCUT2D eigenvalue weighted by Crippen LogP contribution is -2.06. The molecule has 0 radical (unpaired) electrons. The molecule has 18 heavy (non-hydrogen) atoms. The second-order valence-electron chi connectivity index (χ2n) is 4.07. The van der Waals surface area contributed by atoms with Gasteiger partial charge < -0.3 is 4.74 Å². The maximum Gasteiger partial charge on any atom is 0.339 e. The molecule has 3 heteroatoms. The molecule has 0 amide bonds. The van der Waals surface area contributed by atoms with Gasteiger partial charge in [-0.1, -0.05) is 30.3 Å². The highest BCUT2D eigenvalue weighted by molar-refractivity contribution is 7.16. The number of thiophene rings is 1. The summed E-state index contributed by atoms with van der Waals surface area (Å²) in [6.45, 7) is 6.25. The first-order chi connectivity index (χ1) is 8.65. The highest BCUT2D eigenvalue weighted by Gasteiger charge is 2.21. The summed E-state index contributed by atoms with van der Waals surface area (Å²) < 4.78 is 5.15. The van der Waals surface area contributed by atoms with E-state index >= 15 is 0 Å². The summed E-state index contributed by atoms with van der Waals surface area (Å²) in [7, 11) is 0. The van der Waals surface area contributed by atoms with E-state index in [1.807, 2.05) is 51.1 Å². The minimum Gasteiger partial charge on any atom is -0.462 e. The largest absolute Gasteiger partial charge is 0.462 e. The fourth-order valence-corrected chi connectivity index (χ4v) is 3.02. The lowest BCUT2D eigenvalue weighted by atomic mass is 10.1. The number of aryl methyl sites for hydroxylation is 1. The molecule has 0 fully saturated rings. The topological polar surface area (TPSA) is 26.3 Å². The summed E-state index contributed by atoms with van der Waals surface area (Å²) in [4.78, 5) is 14.2. The summed E-state index contributed by atoms with van der Waals surface area (Å²) in [5.41, 5.74) is 2.81. The van der Waals surface area contributed by atoms with Crippen molar-refractivity contribution < 1.29 is 9.53 Å². The molecule has 1 heterocycles. The molecule has 0 aliphatic carbocycles. The number of hydrogen-bond donors (Lipinski definition) is 0. The molecule has 1 aromatic heterocycles. The van der Waals surface area contributed by atoms with Crippen LogP contribution < -0.4 is 0 Å². The number of esters is 1. The van der Waals surface area contributed by atoms with Crippen LogP contribution in [0.3, 0.4) is 0 Å². The third-order valence-electron chi connectivity index (χ3n) is 2.90. The molecule has 0 saturated heterocycles. The Kier molecular flexibility index (Phi) is 3.82. The zero-order valence-corrected chi connectivity index (χ0v) is 11.6. The van der Waals surface area contributed by atoms with E-state index in [4.69, 9.17) is 4.74 Å². The van der Waals surface area contributed by atoms with Crippen molar-refractivity contribution in [3.05, 3.63) is 46.3 Å². The van der Waals surface area contributed by atoms with Gasteiger partial charge in [0.15, 0.2) is 0 Å². The highest BCUT2D eigenvalue weighted by atomic mass is 32.1. The Morgan fingerprint density at radius 3 is 2.50 bits per heavy atom. The van der Waals surface area contributed by atoms with Gasteiger partial charge in [0.05, 0.1) is 12.2 Å². The highest BCUT2D eigenvalue weighted by Crippen LogP contribution is 2.36. The maximum atomic E-state index is 12.1. The van der Waals surface area contributed by atoms with Crippen molar-refractivity contribution in [1.82, 2.24) is 0 Å². The van der Waals surface area contributed by atoms with Gasteiger partial charge in [-0.15, -0.1) is 11.3 Å². The molecule has 0 unspecified atom stereocenters. The third kappa shape index (κ3) is 2.31. The average Bonchev–Trinajstić information content (AvgIpc) is 2.67. The van der Waals surface area contributed by atoms with Crippen LogP contribution in [0.4, 0.5) is 0 Å². The molecule has 1 aromatic carbocycles. The van der Waals surface area contributed by atoms with Crippen LogP contribution in [0.1, 0.15) is 27.7 Å². The number of hydrogen-bond acceptors (Lipinski definition) is 3. The van der Waals surface area contributed by atoms with Gasteiger partial charge in [-0.2, -0.15) is 0 Å². The van der Waals surface area contributed by atoms with E-state index < -0.39 is 0 Å². The van der Waals surface area contributed by atoms with Gasteiger partial charge in [0.1, 0.15) is 0 Å². The van der Waals surface area contributed by atoms with E-state index in [1.54, 1.807) is 11.3 Å². The Bertz CT molecular complexity index is 555. The molecule has 94 valence electrons. The quantitative estimate of drug-likeness (QED) is 0.773. The lowest BCUT2D eigenvalue weighted by Gasteiger charge is -2.05. The van der Waals surface area contributed by atoms with Crippen molar-refractivity contribution in [2.75, 3.05) is 6.61 Å². The van der Waals surface area contributed by atoms with E-state index in [1.165, 1.54) is 0 Å². The Balaban J connectivity index is 2.55. The maximum absolute atomic E-state index is 12.1. The summed E-state index contributed by atoms with van der Waals surface area (Å²) >= 11 is 1.65. The van der Waals surface area contributed by atoms with Crippen LogP contribution in [-0.4, -0.2) is 12.6 Å². The minimum atomic E-state index is -0.224. The zero-order valence-electron chi connectivity index (χ0n) is 10.8. The first kappa shape index (κ1) is 12.8. The zero-order chi connectivity index (χ0) is 13.1. The SMILES string of the molecule is CCOC(=O)c1c(-c2ccccc2)sc(C)c1C. The van der Waals surface area contributed by atoms with Crippen molar-refractivity contribution in [1.29, 1.82) is 0 Å². The van der Waals surface area contributed by atoms with Gasteiger partial charge in [0.25, 0.3) is 0 Å². The molecule has 2 nitrogen and oxygen atoms in total. The molecule has 0 spiro atoms. The van der Waals surface area contributed by atoms with Gasteiger partial charge in [-0.25, -0.2) is 4.79 Å². The molecular formula is C15H16O2S. The van der Waals surface area contributed by atoms with E-state index in [0.717, 1.165) is 20.9 Å². The van der Waals surface area contributed by atoms with Gasteiger partial charge in [-0.05, 0) is 31.9 Å². The summed E-state index contributed by atoms with van der Waals surface area (Å²) in [6.07, 6.45) is 0. The normalized spacial score (nSPS) is 10.4. The summed E-state index contributed by atoms with van der Waals surface area (Å²) in [5.74, 6) is -0.224. The van der Waals surface area contributed by atoms with Crippen LogP contribution in [0.2, 0.25) is 0 Å². The van der Waals surface area contributed by atoms with Crippen LogP contribution in [-0.2, 0) is 4.74 Å². The monoisotopic (exact) mass is 260 g/mol. The fourth-order valence-electron chi connectivity index (χ4n) is 1.87. The summed E-state index contributed by atoms with van der Waals surface area (Å²) in [6, 6.07) is 9.98. The predicted octanol–water partition coefficient (Wildman–Crippen LogP) is 4.21. The molecular weight excluding hydrogens is 244 g/mol. The van der Waals surface area contributed by atoms with Crippen LogP contribution in [0, 0.1) is 13.8 Å². The third-order valence-corrected chi connectivity index (χ3v) is 4.16. The molecule has 0 saturated carbocycles. The van der Waals surface area contributed by atoms with Crippen molar-refractivity contribution in [3.8, 4) is 10.4 Å². The van der Waals surface area contributed by atoms with E-state index in [0.29, 0.717) is 12.2 Å². The molecule has 0 aliphatic rings. The lowest BCUT2D eigenvalue weighted by molar-refractivity contribution is 0.0527. The standard InChI is InChI=1S/C15H16O2S/c1-4-17-15(16)13-10(2)11(3)18-14(13)12-8-6-5-7-9-12/h5-9H,4H2,1-3H3. The molecule has 2 aromatic rings. The van der Waals surface area contributed by atoms with Gasteiger partial charge in [0.2, 0.25) is 0 Å².